The molecule has 0 spiro atoms. The van der Waals surface area contributed by atoms with E-state index in [9.17, 15) is 4.79 Å². The van der Waals surface area contributed by atoms with E-state index in [-0.39, 0.29) is 6.03 Å². The van der Waals surface area contributed by atoms with Crippen LogP contribution in [0, 0.1) is 6.92 Å². The zero-order valence-electron chi connectivity index (χ0n) is 12.8. The van der Waals surface area contributed by atoms with Crippen molar-refractivity contribution in [3.05, 3.63) is 41.5 Å². The first kappa shape index (κ1) is 15.8. The molecule has 0 saturated carbocycles. The van der Waals surface area contributed by atoms with E-state index >= 15 is 0 Å². The topological polar surface area (TPSA) is 89.3 Å². The van der Waals surface area contributed by atoms with E-state index in [2.05, 4.69) is 20.8 Å². The lowest BCUT2D eigenvalue weighted by molar-refractivity contribution is 0.240. The van der Waals surface area contributed by atoms with Crippen LogP contribution in [0.25, 0.3) is 0 Å². The second-order valence-electron chi connectivity index (χ2n) is 4.77. The second-order valence-corrected chi connectivity index (χ2v) is 4.77. The van der Waals surface area contributed by atoms with Gasteiger partial charge in [-0.25, -0.2) is 4.79 Å². The highest BCUT2D eigenvalue weighted by atomic mass is 16.5. The number of aromatic nitrogens is 2. The fourth-order valence-electron chi connectivity index (χ4n) is 1.90. The Hall–Kier alpha value is -2.57. The zero-order valence-corrected chi connectivity index (χ0v) is 12.8. The minimum atomic E-state index is -0.204. The Labute approximate surface area is 129 Å². The maximum atomic E-state index is 11.6. The summed E-state index contributed by atoms with van der Waals surface area (Å²) in [6, 6.07) is 7.57. The van der Waals surface area contributed by atoms with E-state index in [1.54, 1.807) is 14.0 Å². The molecule has 0 unspecified atom stereocenters. The van der Waals surface area contributed by atoms with E-state index < -0.39 is 0 Å². The van der Waals surface area contributed by atoms with E-state index in [1.807, 2.05) is 24.3 Å². The summed E-state index contributed by atoms with van der Waals surface area (Å²) >= 11 is 0. The number of rotatable bonds is 7. The van der Waals surface area contributed by atoms with Crippen LogP contribution in [0.3, 0.4) is 0 Å². The molecule has 0 atom stereocenters. The molecular weight excluding hydrogens is 284 g/mol. The van der Waals surface area contributed by atoms with Gasteiger partial charge in [0.1, 0.15) is 5.75 Å². The summed E-state index contributed by atoms with van der Waals surface area (Å²) in [7, 11) is 1.64. The van der Waals surface area contributed by atoms with Crippen molar-refractivity contribution in [3.8, 4) is 5.75 Å². The number of carbonyl (C=O) groups is 1. The Bertz CT molecular complexity index is 595. The second kappa shape index (κ2) is 8.02. The van der Waals surface area contributed by atoms with Crippen molar-refractivity contribution in [2.24, 2.45) is 0 Å². The van der Waals surface area contributed by atoms with Gasteiger partial charge in [0.2, 0.25) is 5.89 Å². The Morgan fingerprint density at radius 2 is 1.86 bits per heavy atom. The van der Waals surface area contributed by atoms with Crippen LogP contribution in [0.1, 0.15) is 17.3 Å². The number of urea groups is 1. The summed E-state index contributed by atoms with van der Waals surface area (Å²) in [6.45, 7) is 2.78. The summed E-state index contributed by atoms with van der Waals surface area (Å²) in [6.07, 6.45) is 1.28. The molecule has 0 radical (unpaired) electrons. The van der Waals surface area contributed by atoms with Gasteiger partial charge in [-0.2, -0.15) is 4.98 Å². The lowest BCUT2D eigenvalue weighted by atomic mass is 10.1. The van der Waals surface area contributed by atoms with Crippen LogP contribution in [0.4, 0.5) is 4.79 Å². The lowest BCUT2D eigenvalue weighted by Gasteiger charge is -2.07. The Morgan fingerprint density at radius 3 is 2.45 bits per heavy atom. The predicted octanol–water partition coefficient (Wildman–Crippen LogP) is 1.47. The molecule has 2 N–H and O–H groups in total. The molecular formula is C15H20N4O3. The average molecular weight is 304 g/mol. The molecule has 2 rings (SSSR count). The van der Waals surface area contributed by atoms with Crippen molar-refractivity contribution in [1.82, 2.24) is 20.8 Å². The normalized spacial score (nSPS) is 10.3. The third-order valence-electron chi connectivity index (χ3n) is 3.05. The smallest absolute Gasteiger partial charge is 0.314 e. The van der Waals surface area contributed by atoms with Gasteiger partial charge in [-0.1, -0.05) is 17.3 Å². The zero-order chi connectivity index (χ0) is 15.8. The largest absolute Gasteiger partial charge is 0.497 e. The van der Waals surface area contributed by atoms with Crippen molar-refractivity contribution in [1.29, 1.82) is 0 Å². The maximum Gasteiger partial charge on any atom is 0.314 e. The summed E-state index contributed by atoms with van der Waals surface area (Å²) in [5.74, 6) is 1.95. The summed E-state index contributed by atoms with van der Waals surface area (Å²) in [5.41, 5.74) is 1.14. The molecule has 0 saturated heterocycles. The predicted molar refractivity (Wildman–Crippen MR) is 80.8 cm³/mol. The van der Waals surface area contributed by atoms with Crippen molar-refractivity contribution < 1.29 is 14.1 Å². The molecule has 0 aliphatic rings. The van der Waals surface area contributed by atoms with Gasteiger partial charge in [-0.05, 0) is 31.0 Å². The maximum absolute atomic E-state index is 11.6. The highest BCUT2D eigenvalue weighted by Gasteiger charge is 2.04. The van der Waals surface area contributed by atoms with Crippen LogP contribution in [0.15, 0.2) is 28.8 Å². The Morgan fingerprint density at radius 1 is 1.18 bits per heavy atom. The standard InChI is InChI=1S/C15H20N4O3/c1-11-18-14(22-19-11)8-10-17-15(20)16-9-7-12-3-5-13(21-2)6-4-12/h3-6H,7-10H2,1-2H3,(H2,16,17,20). The molecule has 1 aromatic heterocycles. The van der Waals surface area contributed by atoms with Gasteiger partial charge in [0.25, 0.3) is 0 Å². The molecule has 0 bridgehead atoms. The number of nitrogens with zero attached hydrogens (tertiary/aromatic N) is 2. The number of hydrogen-bond acceptors (Lipinski definition) is 5. The van der Waals surface area contributed by atoms with Gasteiger partial charge in [-0.3, -0.25) is 0 Å². The quantitative estimate of drug-likeness (QED) is 0.808. The van der Waals surface area contributed by atoms with E-state index in [1.165, 1.54) is 0 Å². The first-order valence-electron chi connectivity index (χ1n) is 7.11. The summed E-state index contributed by atoms with van der Waals surface area (Å²) in [5, 5.41) is 9.24. The number of nitrogens with one attached hydrogen (secondary N) is 2. The fraction of sp³-hybridized carbons (Fsp3) is 0.400. The number of amides is 2. The lowest BCUT2D eigenvalue weighted by Crippen LogP contribution is -2.37. The first-order chi connectivity index (χ1) is 10.7. The van der Waals surface area contributed by atoms with Gasteiger partial charge in [0, 0.05) is 19.5 Å². The van der Waals surface area contributed by atoms with E-state index in [4.69, 9.17) is 9.26 Å². The molecule has 0 aliphatic carbocycles. The van der Waals surface area contributed by atoms with Crippen molar-refractivity contribution in [3.63, 3.8) is 0 Å². The van der Waals surface area contributed by atoms with Crippen LogP contribution in [-0.4, -0.2) is 36.4 Å². The van der Waals surface area contributed by atoms with Crippen LogP contribution in [0.5, 0.6) is 5.75 Å². The van der Waals surface area contributed by atoms with Crippen LogP contribution >= 0.6 is 0 Å². The number of aryl methyl sites for hydroxylation is 1. The van der Waals surface area contributed by atoms with Crippen LogP contribution in [-0.2, 0) is 12.8 Å². The summed E-state index contributed by atoms with van der Waals surface area (Å²) in [4.78, 5) is 15.7. The molecule has 2 aromatic rings. The number of carbonyl (C=O) groups excluding carboxylic acids is 1. The number of benzene rings is 1. The van der Waals surface area contributed by atoms with E-state index in [0.29, 0.717) is 31.2 Å². The van der Waals surface area contributed by atoms with Gasteiger partial charge >= 0.3 is 6.03 Å². The Balaban J connectivity index is 1.60. The Kier molecular flexibility index (Phi) is 5.76. The highest BCUT2D eigenvalue weighted by molar-refractivity contribution is 5.73. The molecule has 0 aliphatic heterocycles. The first-order valence-corrected chi connectivity index (χ1v) is 7.11. The molecule has 1 heterocycles. The van der Waals surface area contributed by atoms with Crippen LogP contribution < -0.4 is 15.4 Å². The number of methoxy groups -OCH3 is 1. The third kappa shape index (κ3) is 5.08. The highest BCUT2D eigenvalue weighted by Crippen LogP contribution is 2.11. The van der Waals surface area contributed by atoms with Crippen molar-refractivity contribution in [2.75, 3.05) is 20.2 Å². The minimum absolute atomic E-state index is 0.204. The molecule has 1 aromatic carbocycles. The van der Waals surface area contributed by atoms with Gasteiger partial charge < -0.3 is 19.9 Å². The molecule has 7 heteroatoms. The molecule has 118 valence electrons. The number of hydrogen-bond donors (Lipinski definition) is 2. The molecule has 7 nitrogen and oxygen atoms in total. The van der Waals surface area contributed by atoms with Crippen molar-refractivity contribution in [2.45, 2.75) is 19.8 Å². The fourth-order valence-corrected chi connectivity index (χ4v) is 1.90. The third-order valence-corrected chi connectivity index (χ3v) is 3.05. The van der Waals surface area contributed by atoms with Gasteiger partial charge in [-0.15, -0.1) is 0 Å². The molecule has 0 fully saturated rings. The monoisotopic (exact) mass is 304 g/mol. The van der Waals surface area contributed by atoms with E-state index in [0.717, 1.165) is 17.7 Å². The minimum Gasteiger partial charge on any atom is -0.497 e. The number of ether oxygens (including phenoxy) is 1. The molecule has 2 amide bonds. The van der Waals surface area contributed by atoms with Crippen molar-refractivity contribution >= 4 is 6.03 Å². The average Bonchev–Trinajstić information content (AvgIpc) is 2.93. The van der Waals surface area contributed by atoms with Crippen LogP contribution in [0.2, 0.25) is 0 Å². The SMILES string of the molecule is COc1ccc(CCNC(=O)NCCc2nc(C)no2)cc1. The van der Waals surface area contributed by atoms with Gasteiger partial charge in [0.15, 0.2) is 5.82 Å². The summed E-state index contributed by atoms with van der Waals surface area (Å²) < 4.78 is 10.1. The molecule has 22 heavy (non-hydrogen) atoms. The van der Waals surface area contributed by atoms with Gasteiger partial charge in [0.05, 0.1) is 7.11 Å².